The lowest BCUT2D eigenvalue weighted by atomic mass is 10.2. The van der Waals surface area contributed by atoms with Gasteiger partial charge < -0.3 is 14.1 Å². The Hall–Kier alpha value is -1.84. The molecule has 0 unspecified atom stereocenters. The Bertz CT molecular complexity index is 876. The second-order valence-electron chi connectivity index (χ2n) is 5.52. The lowest BCUT2D eigenvalue weighted by Gasteiger charge is -2.18. The van der Waals surface area contributed by atoms with E-state index in [9.17, 15) is 13.2 Å². The van der Waals surface area contributed by atoms with Crippen molar-refractivity contribution in [2.24, 2.45) is 0 Å². The molecule has 7 nitrogen and oxygen atoms in total. The van der Waals surface area contributed by atoms with Crippen LogP contribution in [0.2, 0.25) is 0 Å². The molecule has 0 bridgehead atoms. The summed E-state index contributed by atoms with van der Waals surface area (Å²) in [6, 6.07) is 7.82. The molecule has 0 aliphatic rings. The van der Waals surface area contributed by atoms with Gasteiger partial charge in [0.2, 0.25) is 10.0 Å². The average molecular weight is 431 g/mol. The number of nitrogens with zero attached hydrogens (tertiary/aromatic N) is 2. The summed E-state index contributed by atoms with van der Waals surface area (Å²) in [6.07, 6.45) is 0. The second-order valence-corrected chi connectivity index (χ2v) is 8.42. The molecule has 0 saturated heterocycles. The molecule has 0 aliphatic heterocycles. The molecule has 0 radical (unpaired) electrons. The maximum absolute atomic E-state index is 12.6. The number of hydrogen-bond acceptors (Lipinski definition) is 5. The van der Waals surface area contributed by atoms with Crippen molar-refractivity contribution in [3.63, 3.8) is 0 Å². The monoisotopic (exact) mass is 430 g/mol. The molecule has 1 aromatic carbocycles. The minimum Gasteiger partial charge on any atom is -0.495 e. The van der Waals surface area contributed by atoms with E-state index in [1.54, 1.807) is 19.2 Å². The van der Waals surface area contributed by atoms with Gasteiger partial charge in [0.1, 0.15) is 16.4 Å². The number of ether oxygens (including phenoxy) is 1. The number of rotatable bonds is 6. The molecule has 136 valence electrons. The minimum atomic E-state index is -3.74. The van der Waals surface area contributed by atoms with Crippen molar-refractivity contribution in [3.8, 4) is 5.75 Å². The fraction of sp³-hybridized carbons (Fsp3) is 0.312. The van der Waals surface area contributed by atoms with Crippen LogP contribution in [-0.2, 0) is 16.6 Å². The molecule has 0 aliphatic carbocycles. The zero-order valence-electron chi connectivity index (χ0n) is 14.3. The molecule has 0 atom stereocenters. The quantitative estimate of drug-likeness (QED) is 0.703. The number of sulfonamides is 1. The van der Waals surface area contributed by atoms with Crippen LogP contribution in [0.5, 0.6) is 5.75 Å². The number of carbonyl (C=O) groups is 1. The number of halogens is 1. The molecule has 1 aromatic heterocycles. The summed E-state index contributed by atoms with van der Waals surface area (Å²) in [5.41, 5.74) is 0.245. The van der Waals surface area contributed by atoms with E-state index in [-0.39, 0.29) is 28.7 Å². The van der Waals surface area contributed by atoms with E-state index in [2.05, 4.69) is 15.9 Å². The first-order chi connectivity index (χ1) is 11.7. The fourth-order valence-electron chi connectivity index (χ4n) is 2.17. The van der Waals surface area contributed by atoms with Crippen molar-refractivity contribution < 1.29 is 22.4 Å². The number of carbonyl (C=O) groups excluding carboxylic acids is 1. The topological polar surface area (TPSA) is 80.1 Å². The molecule has 2 aromatic rings. The number of methoxy groups -OCH3 is 1. The average Bonchev–Trinajstić information content (AvgIpc) is 2.98. The number of furan rings is 1. The van der Waals surface area contributed by atoms with Crippen LogP contribution in [0.25, 0.3) is 0 Å². The van der Waals surface area contributed by atoms with Gasteiger partial charge in [-0.15, -0.1) is 0 Å². The third-order valence-electron chi connectivity index (χ3n) is 3.54. The van der Waals surface area contributed by atoms with Crippen LogP contribution in [0.3, 0.4) is 0 Å². The minimum absolute atomic E-state index is 0.0556. The molecule has 0 spiro atoms. The van der Waals surface area contributed by atoms with Gasteiger partial charge in [-0.25, -0.2) is 12.7 Å². The van der Waals surface area contributed by atoms with Crippen LogP contribution in [-0.4, -0.2) is 51.8 Å². The Morgan fingerprint density at radius 3 is 2.40 bits per heavy atom. The third-order valence-corrected chi connectivity index (χ3v) is 5.80. The Kier molecular flexibility index (Phi) is 5.91. The summed E-state index contributed by atoms with van der Waals surface area (Å²) in [5.74, 6) is 0.464. The van der Waals surface area contributed by atoms with Crippen molar-refractivity contribution in [1.29, 1.82) is 0 Å². The zero-order valence-corrected chi connectivity index (χ0v) is 16.7. The van der Waals surface area contributed by atoms with Crippen LogP contribution in [0.15, 0.2) is 44.3 Å². The van der Waals surface area contributed by atoms with Crippen molar-refractivity contribution in [3.05, 3.63) is 46.3 Å². The van der Waals surface area contributed by atoms with Gasteiger partial charge in [0.05, 0.1) is 13.7 Å². The first-order valence-corrected chi connectivity index (χ1v) is 9.50. The van der Waals surface area contributed by atoms with E-state index >= 15 is 0 Å². The van der Waals surface area contributed by atoms with Gasteiger partial charge in [0, 0.05) is 26.7 Å². The highest BCUT2D eigenvalue weighted by molar-refractivity contribution is 9.10. The van der Waals surface area contributed by atoms with Gasteiger partial charge in [-0.2, -0.15) is 0 Å². The summed E-state index contributed by atoms with van der Waals surface area (Å²) >= 11 is 3.21. The molecule has 0 fully saturated rings. The predicted molar refractivity (Wildman–Crippen MR) is 96.1 cm³/mol. The van der Waals surface area contributed by atoms with Crippen LogP contribution in [0.4, 0.5) is 0 Å². The van der Waals surface area contributed by atoms with Crippen molar-refractivity contribution in [1.82, 2.24) is 9.21 Å². The zero-order chi connectivity index (χ0) is 18.8. The maximum Gasteiger partial charge on any atom is 0.254 e. The normalized spacial score (nSPS) is 11.6. The van der Waals surface area contributed by atoms with E-state index in [4.69, 9.17) is 9.15 Å². The summed E-state index contributed by atoms with van der Waals surface area (Å²) in [7, 11) is 2.09. The Morgan fingerprint density at radius 2 is 1.88 bits per heavy atom. The molecule has 9 heteroatoms. The van der Waals surface area contributed by atoms with E-state index in [1.165, 1.54) is 44.3 Å². The molecule has 0 saturated carbocycles. The largest absolute Gasteiger partial charge is 0.495 e. The molecule has 0 N–H and O–H groups in total. The SMILES string of the molecule is COc1ccc(C(=O)N(C)Cc2ccc(Br)o2)cc1S(=O)(=O)N(C)C. The standard InChI is InChI=1S/C16H19BrN2O5S/c1-18(2)25(21,22)14-9-11(5-7-13(14)23-4)16(20)19(3)10-12-6-8-15(17)24-12/h5-9H,10H2,1-4H3. The summed E-state index contributed by atoms with van der Waals surface area (Å²) in [5, 5.41) is 0. The van der Waals surface area contributed by atoms with Crippen molar-refractivity contribution in [2.45, 2.75) is 11.4 Å². The molecular weight excluding hydrogens is 412 g/mol. The van der Waals surface area contributed by atoms with Gasteiger partial charge in [0.25, 0.3) is 5.91 Å². The second kappa shape index (κ2) is 7.59. The summed E-state index contributed by atoms with van der Waals surface area (Å²) in [4.78, 5) is 14.0. The van der Waals surface area contributed by atoms with Crippen LogP contribution in [0.1, 0.15) is 16.1 Å². The summed E-state index contributed by atoms with van der Waals surface area (Å²) in [6.45, 7) is 0.256. The Balaban J connectivity index is 2.34. The number of hydrogen-bond donors (Lipinski definition) is 0. The Morgan fingerprint density at radius 1 is 1.20 bits per heavy atom. The van der Waals surface area contributed by atoms with Gasteiger partial charge in [-0.3, -0.25) is 4.79 Å². The van der Waals surface area contributed by atoms with Gasteiger partial charge in [-0.05, 0) is 46.3 Å². The lowest BCUT2D eigenvalue weighted by molar-refractivity contribution is 0.0774. The van der Waals surface area contributed by atoms with E-state index in [1.807, 2.05) is 0 Å². The predicted octanol–water partition coefficient (Wildman–Crippen LogP) is 2.57. The van der Waals surface area contributed by atoms with Crippen molar-refractivity contribution in [2.75, 3.05) is 28.3 Å². The highest BCUT2D eigenvalue weighted by atomic mass is 79.9. The molecule has 1 amide bonds. The molecule has 2 rings (SSSR count). The van der Waals surface area contributed by atoms with Gasteiger partial charge in [0.15, 0.2) is 4.67 Å². The van der Waals surface area contributed by atoms with E-state index < -0.39 is 10.0 Å². The maximum atomic E-state index is 12.6. The third kappa shape index (κ3) is 4.23. The summed E-state index contributed by atoms with van der Waals surface area (Å²) < 4.78 is 37.1. The smallest absolute Gasteiger partial charge is 0.254 e. The van der Waals surface area contributed by atoms with Gasteiger partial charge >= 0.3 is 0 Å². The van der Waals surface area contributed by atoms with E-state index in [0.29, 0.717) is 10.4 Å². The first-order valence-electron chi connectivity index (χ1n) is 7.27. The first kappa shape index (κ1) is 19.5. The number of amides is 1. The lowest BCUT2D eigenvalue weighted by Crippen LogP contribution is -2.27. The number of benzene rings is 1. The van der Waals surface area contributed by atoms with Gasteiger partial charge in [-0.1, -0.05) is 0 Å². The Labute approximate surface area is 155 Å². The molecule has 25 heavy (non-hydrogen) atoms. The highest BCUT2D eigenvalue weighted by Gasteiger charge is 2.25. The molecule has 1 heterocycles. The van der Waals surface area contributed by atoms with Crippen LogP contribution < -0.4 is 4.74 Å². The van der Waals surface area contributed by atoms with E-state index in [0.717, 1.165) is 4.31 Å². The fourth-order valence-corrected chi connectivity index (χ4v) is 3.59. The highest BCUT2D eigenvalue weighted by Crippen LogP contribution is 2.27. The van der Waals surface area contributed by atoms with Crippen molar-refractivity contribution >= 4 is 31.9 Å². The van der Waals surface area contributed by atoms with Crippen LogP contribution in [0, 0.1) is 0 Å². The molecular formula is C16H19BrN2O5S. The van der Waals surface area contributed by atoms with Crippen LogP contribution >= 0.6 is 15.9 Å².